The van der Waals surface area contributed by atoms with Gasteiger partial charge >= 0.3 is 0 Å². The lowest BCUT2D eigenvalue weighted by molar-refractivity contribution is 0.0951. The van der Waals surface area contributed by atoms with Crippen LogP contribution in [0.3, 0.4) is 0 Å². The van der Waals surface area contributed by atoms with E-state index in [1.165, 1.54) is 0 Å². The second-order valence-corrected chi connectivity index (χ2v) is 7.68. The summed E-state index contributed by atoms with van der Waals surface area (Å²) in [4.78, 5) is 18.4. The third-order valence-electron chi connectivity index (χ3n) is 4.88. The van der Waals surface area contributed by atoms with Gasteiger partial charge in [0.25, 0.3) is 5.91 Å². The van der Waals surface area contributed by atoms with Crippen molar-refractivity contribution in [2.75, 3.05) is 32.9 Å². The number of carbonyl (C=O) groups is 1. The number of H-pyrrole nitrogens is 1. The van der Waals surface area contributed by atoms with Gasteiger partial charge in [-0.3, -0.25) is 9.48 Å². The van der Waals surface area contributed by atoms with E-state index in [9.17, 15) is 4.79 Å². The summed E-state index contributed by atoms with van der Waals surface area (Å²) in [6, 6.07) is 9.39. The first kappa shape index (κ1) is 20.5. The second-order valence-electron chi connectivity index (χ2n) is 7.68. The molecule has 3 aromatic heterocycles. The van der Waals surface area contributed by atoms with Crippen molar-refractivity contribution >= 4 is 22.9 Å². The van der Waals surface area contributed by atoms with E-state index in [0.29, 0.717) is 42.1 Å². The van der Waals surface area contributed by atoms with Crippen molar-refractivity contribution in [1.82, 2.24) is 40.4 Å². The van der Waals surface area contributed by atoms with Crippen molar-refractivity contribution in [3.8, 4) is 0 Å². The maximum atomic E-state index is 12.2. The average Bonchev–Trinajstić information content (AvgIpc) is 3.37. The minimum Gasteiger partial charge on any atom is -0.384 e. The number of amides is 1. The number of rotatable bonds is 8. The van der Waals surface area contributed by atoms with Crippen molar-refractivity contribution in [3.63, 3.8) is 0 Å². The zero-order valence-corrected chi connectivity index (χ0v) is 17.5. The maximum Gasteiger partial charge on any atom is 0.251 e. The molecule has 0 unspecified atom stereocenters. The molecule has 10 nitrogen and oxygen atoms in total. The number of nitrogens with one attached hydrogen (secondary N) is 2. The van der Waals surface area contributed by atoms with E-state index in [-0.39, 0.29) is 5.91 Å². The van der Waals surface area contributed by atoms with Crippen LogP contribution in [0.5, 0.6) is 0 Å². The zero-order valence-electron chi connectivity index (χ0n) is 17.5. The van der Waals surface area contributed by atoms with Gasteiger partial charge in [0.2, 0.25) is 5.65 Å². The van der Waals surface area contributed by atoms with Crippen LogP contribution in [0.2, 0.25) is 0 Å². The van der Waals surface area contributed by atoms with E-state index in [0.717, 1.165) is 23.2 Å². The first-order chi connectivity index (χ1) is 15.0. The molecule has 31 heavy (non-hydrogen) atoms. The Morgan fingerprint density at radius 3 is 2.77 bits per heavy atom. The summed E-state index contributed by atoms with van der Waals surface area (Å²) in [7, 11) is 3.95. The molecule has 160 valence electrons. The number of nitrogen functional groups attached to an aromatic ring is 1. The van der Waals surface area contributed by atoms with Gasteiger partial charge in [-0.2, -0.15) is 15.4 Å². The number of pyridine rings is 1. The molecule has 0 spiro atoms. The number of nitrogens with zero attached hydrogens (tertiary/aromatic N) is 6. The van der Waals surface area contributed by atoms with E-state index in [1.807, 2.05) is 66.4 Å². The molecule has 0 aliphatic rings. The van der Waals surface area contributed by atoms with Crippen molar-refractivity contribution in [3.05, 3.63) is 65.0 Å². The Morgan fingerprint density at radius 2 is 2.00 bits per heavy atom. The first-order valence-electron chi connectivity index (χ1n) is 9.97. The lowest BCUT2D eigenvalue weighted by Gasteiger charge is -2.10. The molecule has 0 radical (unpaired) electrons. The number of aromatic nitrogens is 6. The topological polar surface area (TPSA) is 131 Å². The molecule has 0 aliphatic heterocycles. The summed E-state index contributed by atoms with van der Waals surface area (Å²) in [5, 5.41) is 18.1. The molecule has 0 fully saturated rings. The van der Waals surface area contributed by atoms with E-state index < -0.39 is 0 Å². The largest absolute Gasteiger partial charge is 0.384 e. The van der Waals surface area contributed by atoms with Crippen molar-refractivity contribution in [1.29, 1.82) is 0 Å². The maximum absolute atomic E-state index is 12.2. The van der Waals surface area contributed by atoms with Gasteiger partial charge in [-0.15, -0.1) is 5.10 Å². The molecule has 0 bridgehead atoms. The van der Waals surface area contributed by atoms with Gasteiger partial charge in [0.15, 0.2) is 0 Å². The van der Waals surface area contributed by atoms with E-state index in [1.54, 1.807) is 0 Å². The van der Waals surface area contributed by atoms with Crippen LogP contribution in [0.25, 0.3) is 11.2 Å². The summed E-state index contributed by atoms with van der Waals surface area (Å²) >= 11 is 0. The van der Waals surface area contributed by atoms with Gasteiger partial charge in [-0.1, -0.05) is 12.1 Å². The molecule has 0 saturated carbocycles. The first-order valence-corrected chi connectivity index (χ1v) is 9.97. The number of anilines is 1. The Balaban J connectivity index is 1.38. The number of benzene rings is 1. The summed E-state index contributed by atoms with van der Waals surface area (Å²) in [5.41, 5.74) is 10.8. The summed E-state index contributed by atoms with van der Waals surface area (Å²) in [5.74, 6) is 0.347. The smallest absolute Gasteiger partial charge is 0.251 e. The number of nitrogens with two attached hydrogens (primary N) is 1. The Morgan fingerprint density at radius 1 is 1.19 bits per heavy atom. The van der Waals surface area contributed by atoms with Gasteiger partial charge < -0.3 is 16.0 Å². The van der Waals surface area contributed by atoms with Crippen LogP contribution in [0.15, 0.2) is 42.7 Å². The van der Waals surface area contributed by atoms with Gasteiger partial charge in [0, 0.05) is 31.3 Å². The average molecular weight is 419 g/mol. The van der Waals surface area contributed by atoms with Crippen LogP contribution < -0.4 is 11.1 Å². The number of fused-ring (bicyclic) bond motifs is 1. The Kier molecular flexibility index (Phi) is 5.89. The highest BCUT2D eigenvalue weighted by Gasteiger charge is 2.11. The third kappa shape index (κ3) is 5.04. The minimum absolute atomic E-state index is 0.0643. The third-order valence-corrected chi connectivity index (χ3v) is 4.88. The molecule has 1 amide bonds. The van der Waals surface area contributed by atoms with Gasteiger partial charge in [0.1, 0.15) is 11.3 Å². The van der Waals surface area contributed by atoms with E-state index in [2.05, 4.69) is 30.8 Å². The summed E-state index contributed by atoms with van der Waals surface area (Å²) in [6.07, 6.45) is 4.45. The number of aromatic amines is 1. The summed E-state index contributed by atoms with van der Waals surface area (Å²) < 4.78 is 1.87. The molecular formula is C21H25N9O. The quantitative estimate of drug-likeness (QED) is 0.389. The predicted octanol–water partition coefficient (Wildman–Crippen LogP) is 1.06. The van der Waals surface area contributed by atoms with Crippen LogP contribution in [-0.2, 0) is 13.0 Å². The van der Waals surface area contributed by atoms with Crippen LogP contribution in [-0.4, -0.2) is 68.2 Å². The summed E-state index contributed by atoms with van der Waals surface area (Å²) in [6.45, 7) is 2.04. The number of likely N-dealkylation sites (N-methyl/N-ethyl adjacent to an activating group) is 1. The Bertz CT molecular complexity index is 1180. The van der Waals surface area contributed by atoms with E-state index >= 15 is 0 Å². The van der Waals surface area contributed by atoms with Gasteiger partial charge in [-0.25, -0.2) is 4.98 Å². The Hall–Kier alpha value is -3.79. The lowest BCUT2D eigenvalue weighted by Crippen LogP contribution is -2.31. The van der Waals surface area contributed by atoms with Crippen molar-refractivity contribution < 1.29 is 4.79 Å². The van der Waals surface area contributed by atoms with Crippen LogP contribution in [0.4, 0.5) is 5.82 Å². The number of carbonyl (C=O) groups excluding carboxylic acids is 1. The second kappa shape index (κ2) is 8.92. The molecule has 3 heterocycles. The van der Waals surface area contributed by atoms with Gasteiger partial charge in [0.05, 0.1) is 12.7 Å². The highest BCUT2D eigenvalue weighted by Crippen LogP contribution is 2.19. The molecule has 4 rings (SSSR count). The fourth-order valence-electron chi connectivity index (χ4n) is 3.30. The fraction of sp³-hybridized carbons (Fsp3) is 0.286. The number of hydrogen-bond donors (Lipinski definition) is 3. The monoisotopic (exact) mass is 419 g/mol. The molecular weight excluding hydrogens is 394 g/mol. The van der Waals surface area contributed by atoms with Crippen LogP contribution in [0, 0.1) is 0 Å². The molecule has 4 aromatic rings. The normalized spacial score (nSPS) is 11.3. The molecule has 1 aromatic carbocycles. The van der Waals surface area contributed by atoms with Crippen molar-refractivity contribution in [2.24, 2.45) is 0 Å². The van der Waals surface area contributed by atoms with Crippen molar-refractivity contribution in [2.45, 2.75) is 13.0 Å². The standard InChI is InChI=1S/C21H25N9O/c1-29(2)8-7-23-21(31)16-5-3-14(4-6-16)12-30-13-15(11-24-30)9-17-10-18(22)25-20-19(17)26-28-27-20/h3-6,10-11,13H,7-9,12H2,1-2H3,(H,23,31)(H3,22,25,26,27,28). The van der Waals surface area contributed by atoms with Gasteiger partial charge in [-0.05, 0) is 49.0 Å². The number of hydrogen-bond acceptors (Lipinski definition) is 7. The minimum atomic E-state index is -0.0643. The predicted molar refractivity (Wildman–Crippen MR) is 118 cm³/mol. The SMILES string of the molecule is CN(C)CCNC(=O)c1ccc(Cn2cc(Cc3cc(N)nc4n[nH]nc34)cn2)cc1. The highest BCUT2D eigenvalue weighted by atomic mass is 16.1. The zero-order chi connectivity index (χ0) is 21.8. The molecule has 10 heteroatoms. The lowest BCUT2D eigenvalue weighted by atomic mass is 10.1. The molecule has 0 atom stereocenters. The van der Waals surface area contributed by atoms with E-state index in [4.69, 9.17) is 5.73 Å². The molecule has 0 aliphatic carbocycles. The molecule has 0 saturated heterocycles. The molecule has 4 N–H and O–H groups in total. The highest BCUT2D eigenvalue weighted by molar-refractivity contribution is 5.94. The Labute approximate surface area is 179 Å². The fourth-order valence-corrected chi connectivity index (χ4v) is 3.30. The van der Waals surface area contributed by atoms with Crippen LogP contribution in [0.1, 0.15) is 27.0 Å². The van der Waals surface area contributed by atoms with Crippen LogP contribution >= 0.6 is 0 Å².